The molecule has 0 radical (unpaired) electrons. The Morgan fingerprint density at radius 2 is 0.889 bits per heavy atom. The highest BCUT2D eigenvalue weighted by atomic mass is 15.1. The fourth-order valence-corrected chi connectivity index (χ4v) is 10.4. The predicted molar refractivity (Wildman–Crippen MR) is 267 cm³/mol. The molecule has 1 aromatic heterocycles. The zero-order chi connectivity index (χ0) is 42.1. The minimum atomic E-state index is -0.0826. The molecule has 0 aliphatic heterocycles. The highest BCUT2D eigenvalue weighted by Gasteiger charge is 2.35. The van der Waals surface area contributed by atoms with Crippen molar-refractivity contribution in [2.24, 2.45) is 0 Å². The Bertz CT molecular complexity index is 3520. The van der Waals surface area contributed by atoms with Gasteiger partial charge in [-0.25, -0.2) is 0 Å². The molecular formula is C61H44N2. The fourth-order valence-electron chi connectivity index (χ4n) is 10.4. The summed E-state index contributed by atoms with van der Waals surface area (Å²) in [6, 6.07) is 84.7. The van der Waals surface area contributed by atoms with Crippen molar-refractivity contribution in [3.8, 4) is 50.2 Å². The van der Waals surface area contributed by atoms with Crippen molar-refractivity contribution in [2.45, 2.75) is 19.3 Å². The SMILES string of the molecule is CC1(C)c2ccccc2-c2cc(N(c3ccc4c5ccc(-c6cccc7cccc(-c8ccccc8)c67)cc5n(-c5ccccc5)c4c3)c3ccccc3-c3ccccc3)ccc21. The van der Waals surface area contributed by atoms with Gasteiger partial charge in [-0.05, 0) is 109 Å². The van der Waals surface area contributed by atoms with Gasteiger partial charge in [0.05, 0.1) is 16.7 Å². The normalized spacial score (nSPS) is 12.7. The first kappa shape index (κ1) is 36.9. The summed E-state index contributed by atoms with van der Waals surface area (Å²) in [6.07, 6.45) is 0. The minimum Gasteiger partial charge on any atom is -0.310 e. The van der Waals surface area contributed by atoms with E-state index in [1.807, 2.05) is 0 Å². The van der Waals surface area contributed by atoms with Crippen LogP contribution in [-0.4, -0.2) is 4.57 Å². The van der Waals surface area contributed by atoms with Gasteiger partial charge in [-0.3, -0.25) is 0 Å². The lowest BCUT2D eigenvalue weighted by atomic mass is 9.82. The van der Waals surface area contributed by atoms with Crippen LogP contribution in [0.25, 0.3) is 82.8 Å². The number of anilines is 3. The number of benzene rings is 10. The zero-order valence-electron chi connectivity index (χ0n) is 35.3. The lowest BCUT2D eigenvalue weighted by Crippen LogP contribution is -2.15. The average Bonchev–Trinajstić information content (AvgIpc) is 3.79. The third-order valence-corrected chi connectivity index (χ3v) is 13.4. The molecule has 10 aromatic carbocycles. The Morgan fingerprint density at radius 1 is 0.365 bits per heavy atom. The van der Waals surface area contributed by atoms with Gasteiger partial charge < -0.3 is 9.47 Å². The lowest BCUT2D eigenvalue weighted by Gasteiger charge is -2.29. The van der Waals surface area contributed by atoms with Gasteiger partial charge in [0.2, 0.25) is 0 Å². The van der Waals surface area contributed by atoms with Gasteiger partial charge >= 0.3 is 0 Å². The molecule has 12 rings (SSSR count). The van der Waals surface area contributed by atoms with E-state index in [1.54, 1.807) is 0 Å². The number of hydrogen-bond acceptors (Lipinski definition) is 1. The van der Waals surface area contributed by atoms with Gasteiger partial charge in [0.15, 0.2) is 0 Å². The number of fused-ring (bicyclic) bond motifs is 7. The van der Waals surface area contributed by atoms with Crippen molar-refractivity contribution in [1.29, 1.82) is 0 Å². The highest BCUT2D eigenvalue weighted by Crippen LogP contribution is 2.52. The van der Waals surface area contributed by atoms with Crippen LogP contribution in [0.4, 0.5) is 17.1 Å². The molecule has 0 saturated carbocycles. The smallest absolute Gasteiger partial charge is 0.0561 e. The Morgan fingerprint density at radius 3 is 1.62 bits per heavy atom. The van der Waals surface area contributed by atoms with Crippen molar-refractivity contribution in [3.63, 3.8) is 0 Å². The van der Waals surface area contributed by atoms with E-state index in [4.69, 9.17) is 0 Å². The molecule has 1 heterocycles. The van der Waals surface area contributed by atoms with E-state index in [0.717, 1.165) is 28.3 Å². The van der Waals surface area contributed by atoms with Gasteiger partial charge in [-0.2, -0.15) is 0 Å². The molecule has 0 amide bonds. The standard InChI is InChI=1S/C61H44N2/c1-61(2)55-30-14-12-27-51(55)54-39-46(34-37-56(54)61)62(57-31-15-13-26-48(57)41-18-6-3-7-19-41)47-33-36-53-52-35-32-44(38-58(52)63(59(53)40-47)45-24-10-5-11-25-45)50-29-17-23-43-22-16-28-49(60(43)50)42-20-8-4-9-21-42/h3-40H,1-2H3. The minimum absolute atomic E-state index is 0.0826. The maximum atomic E-state index is 2.47. The molecular weight excluding hydrogens is 761 g/mol. The van der Waals surface area contributed by atoms with Gasteiger partial charge in [-0.15, -0.1) is 0 Å². The van der Waals surface area contributed by atoms with E-state index >= 15 is 0 Å². The first-order valence-corrected chi connectivity index (χ1v) is 21.9. The van der Waals surface area contributed by atoms with E-state index in [1.165, 1.54) is 82.7 Å². The molecule has 11 aromatic rings. The van der Waals surface area contributed by atoms with Crippen LogP contribution in [0.15, 0.2) is 231 Å². The van der Waals surface area contributed by atoms with E-state index in [0.29, 0.717) is 0 Å². The van der Waals surface area contributed by atoms with Crippen LogP contribution in [0, 0.1) is 0 Å². The van der Waals surface area contributed by atoms with E-state index in [2.05, 4.69) is 254 Å². The second-order valence-corrected chi connectivity index (χ2v) is 17.3. The molecule has 1 aliphatic carbocycles. The molecule has 0 spiro atoms. The number of para-hydroxylation sites is 2. The molecule has 1 aliphatic rings. The van der Waals surface area contributed by atoms with Gasteiger partial charge in [0, 0.05) is 38.8 Å². The van der Waals surface area contributed by atoms with Crippen LogP contribution in [0.2, 0.25) is 0 Å². The third kappa shape index (κ3) is 5.94. The number of nitrogens with zero attached hydrogens (tertiary/aromatic N) is 2. The topological polar surface area (TPSA) is 8.17 Å². The van der Waals surface area contributed by atoms with Crippen LogP contribution in [-0.2, 0) is 5.41 Å². The second kappa shape index (κ2) is 14.6. The Balaban J connectivity index is 1.10. The Hall–Kier alpha value is -7.94. The van der Waals surface area contributed by atoms with Crippen molar-refractivity contribution in [3.05, 3.63) is 242 Å². The molecule has 0 unspecified atom stereocenters. The van der Waals surface area contributed by atoms with Crippen LogP contribution in [0.3, 0.4) is 0 Å². The van der Waals surface area contributed by atoms with E-state index < -0.39 is 0 Å². The van der Waals surface area contributed by atoms with E-state index in [-0.39, 0.29) is 5.41 Å². The van der Waals surface area contributed by atoms with Crippen LogP contribution in [0.1, 0.15) is 25.0 Å². The first-order valence-electron chi connectivity index (χ1n) is 21.9. The summed E-state index contributed by atoms with van der Waals surface area (Å²) >= 11 is 0. The van der Waals surface area contributed by atoms with Crippen molar-refractivity contribution in [2.75, 3.05) is 4.90 Å². The maximum absolute atomic E-state index is 2.47. The maximum Gasteiger partial charge on any atom is 0.0561 e. The highest BCUT2D eigenvalue weighted by molar-refractivity contribution is 6.13. The predicted octanol–water partition coefficient (Wildman–Crippen LogP) is 16.7. The van der Waals surface area contributed by atoms with Gasteiger partial charge in [0.25, 0.3) is 0 Å². The molecule has 2 nitrogen and oxygen atoms in total. The largest absolute Gasteiger partial charge is 0.310 e. The van der Waals surface area contributed by atoms with Crippen LogP contribution in [0.5, 0.6) is 0 Å². The fraction of sp³-hybridized carbons (Fsp3) is 0.0492. The number of rotatable bonds is 7. The van der Waals surface area contributed by atoms with Crippen LogP contribution < -0.4 is 4.90 Å². The van der Waals surface area contributed by atoms with Crippen molar-refractivity contribution >= 4 is 49.6 Å². The Kier molecular flexibility index (Phi) is 8.55. The first-order chi connectivity index (χ1) is 31.0. The summed E-state index contributed by atoms with van der Waals surface area (Å²) in [5, 5.41) is 4.94. The average molecular weight is 805 g/mol. The summed E-state index contributed by atoms with van der Waals surface area (Å²) in [6.45, 7) is 4.70. The molecule has 298 valence electrons. The van der Waals surface area contributed by atoms with Crippen LogP contribution >= 0.6 is 0 Å². The van der Waals surface area contributed by atoms with Crippen molar-refractivity contribution < 1.29 is 0 Å². The molecule has 0 saturated heterocycles. The molecule has 0 fully saturated rings. The Labute approximate surface area is 368 Å². The molecule has 2 heteroatoms. The number of hydrogen-bond donors (Lipinski definition) is 0. The summed E-state index contributed by atoms with van der Waals surface area (Å²) in [5.74, 6) is 0. The summed E-state index contributed by atoms with van der Waals surface area (Å²) in [4.78, 5) is 2.47. The third-order valence-electron chi connectivity index (χ3n) is 13.4. The molecule has 63 heavy (non-hydrogen) atoms. The molecule has 0 N–H and O–H groups in total. The van der Waals surface area contributed by atoms with E-state index in [9.17, 15) is 0 Å². The number of aromatic nitrogens is 1. The van der Waals surface area contributed by atoms with Crippen molar-refractivity contribution in [1.82, 2.24) is 4.57 Å². The second-order valence-electron chi connectivity index (χ2n) is 17.3. The summed E-state index contributed by atoms with van der Waals surface area (Å²) in [7, 11) is 0. The quantitative estimate of drug-likeness (QED) is 0.156. The van der Waals surface area contributed by atoms with Gasteiger partial charge in [-0.1, -0.05) is 196 Å². The summed E-state index contributed by atoms with van der Waals surface area (Å²) < 4.78 is 2.46. The lowest BCUT2D eigenvalue weighted by molar-refractivity contribution is 0.660. The zero-order valence-corrected chi connectivity index (χ0v) is 35.3. The van der Waals surface area contributed by atoms with Gasteiger partial charge in [0.1, 0.15) is 0 Å². The molecule has 0 bridgehead atoms. The monoisotopic (exact) mass is 804 g/mol. The molecule has 0 atom stereocenters. The summed E-state index contributed by atoms with van der Waals surface area (Å²) in [5.41, 5.74) is 19.3.